The Hall–Kier alpha value is -3.35. The van der Waals surface area contributed by atoms with Gasteiger partial charge in [0.05, 0.1) is 12.4 Å². The zero-order valence-corrected chi connectivity index (χ0v) is 14.3. The Labute approximate surface area is 154 Å². The first-order valence-electron chi connectivity index (χ1n) is 8.50. The summed E-state index contributed by atoms with van der Waals surface area (Å²) in [6.07, 6.45) is 3.59. The van der Waals surface area contributed by atoms with Crippen LogP contribution in [0.15, 0.2) is 54.9 Å². The molecule has 0 saturated carbocycles. The Morgan fingerprint density at radius 2 is 1.81 bits per heavy atom. The van der Waals surface area contributed by atoms with E-state index in [-0.39, 0.29) is 11.6 Å². The summed E-state index contributed by atoms with van der Waals surface area (Å²) in [7, 11) is 0. The van der Waals surface area contributed by atoms with Gasteiger partial charge in [0.15, 0.2) is 11.6 Å². The van der Waals surface area contributed by atoms with E-state index in [1.165, 1.54) is 24.0 Å². The van der Waals surface area contributed by atoms with Crippen LogP contribution in [0.25, 0.3) is 0 Å². The normalized spacial score (nSPS) is 13.2. The van der Waals surface area contributed by atoms with Crippen LogP contribution in [0.4, 0.5) is 20.3 Å². The van der Waals surface area contributed by atoms with E-state index in [2.05, 4.69) is 21.4 Å². The average Bonchev–Trinajstić information content (AvgIpc) is 2.70. The summed E-state index contributed by atoms with van der Waals surface area (Å²) in [6, 6.07) is 11.5. The fourth-order valence-corrected chi connectivity index (χ4v) is 3.06. The molecule has 0 atom stereocenters. The molecule has 1 aromatic heterocycles. The first kappa shape index (κ1) is 17.1. The van der Waals surface area contributed by atoms with E-state index < -0.39 is 11.6 Å². The van der Waals surface area contributed by atoms with Crippen LogP contribution in [0.3, 0.4) is 0 Å². The summed E-state index contributed by atoms with van der Waals surface area (Å²) >= 11 is 0. The van der Waals surface area contributed by atoms with E-state index >= 15 is 0 Å². The molecular formula is C20H16F2N4O. The van der Waals surface area contributed by atoms with Gasteiger partial charge in [-0.3, -0.25) is 4.79 Å². The van der Waals surface area contributed by atoms with Crippen LogP contribution in [0.1, 0.15) is 21.6 Å². The first-order valence-corrected chi connectivity index (χ1v) is 8.50. The minimum Gasteiger partial charge on any atom is -0.339 e. The molecule has 2 aromatic carbocycles. The number of nitrogens with zero attached hydrogens (tertiary/aromatic N) is 3. The van der Waals surface area contributed by atoms with Crippen molar-refractivity contribution in [2.24, 2.45) is 0 Å². The minimum atomic E-state index is -0.954. The second kappa shape index (κ2) is 7.11. The van der Waals surface area contributed by atoms with E-state index in [1.807, 2.05) is 18.2 Å². The van der Waals surface area contributed by atoms with Crippen molar-refractivity contribution in [3.63, 3.8) is 0 Å². The molecule has 0 spiro atoms. The highest BCUT2D eigenvalue weighted by atomic mass is 19.2. The van der Waals surface area contributed by atoms with Gasteiger partial charge in [0.1, 0.15) is 11.5 Å². The third-order valence-corrected chi connectivity index (χ3v) is 4.48. The zero-order chi connectivity index (χ0) is 18.8. The molecule has 136 valence electrons. The number of carbonyl (C=O) groups excluding carboxylic acids is 1. The number of amides is 1. The average molecular weight is 366 g/mol. The Morgan fingerprint density at radius 3 is 2.56 bits per heavy atom. The van der Waals surface area contributed by atoms with Gasteiger partial charge in [-0.2, -0.15) is 0 Å². The fraction of sp³-hybridized carbons (Fsp3) is 0.150. The monoisotopic (exact) mass is 366 g/mol. The molecule has 1 N–H and O–H groups in total. The third kappa shape index (κ3) is 3.62. The fourth-order valence-electron chi connectivity index (χ4n) is 3.06. The van der Waals surface area contributed by atoms with Gasteiger partial charge in [-0.05, 0) is 29.7 Å². The van der Waals surface area contributed by atoms with Crippen molar-refractivity contribution in [2.75, 3.05) is 11.9 Å². The first-order chi connectivity index (χ1) is 13.1. The third-order valence-electron chi connectivity index (χ3n) is 4.48. The molecular weight excluding hydrogens is 350 g/mol. The summed E-state index contributed by atoms with van der Waals surface area (Å²) in [5.74, 6) is -1.72. The van der Waals surface area contributed by atoms with Crippen molar-refractivity contribution in [3.8, 4) is 0 Å². The lowest BCUT2D eigenvalue weighted by Gasteiger charge is -2.28. The van der Waals surface area contributed by atoms with Gasteiger partial charge < -0.3 is 10.2 Å². The number of fused-ring (bicyclic) bond motifs is 1. The van der Waals surface area contributed by atoms with E-state index in [0.717, 1.165) is 24.1 Å². The predicted molar refractivity (Wildman–Crippen MR) is 96.6 cm³/mol. The Balaban J connectivity index is 1.46. The maximum absolute atomic E-state index is 13.3. The number of carbonyl (C=O) groups is 1. The summed E-state index contributed by atoms with van der Waals surface area (Å²) in [6.45, 7) is 1.18. The van der Waals surface area contributed by atoms with Crippen molar-refractivity contribution in [3.05, 3.63) is 83.3 Å². The van der Waals surface area contributed by atoms with Crippen LogP contribution in [-0.2, 0) is 13.0 Å². The maximum atomic E-state index is 13.3. The molecule has 5 nitrogen and oxygen atoms in total. The van der Waals surface area contributed by atoms with Crippen LogP contribution in [0, 0.1) is 11.6 Å². The largest absolute Gasteiger partial charge is 0.339 e. The van der Waals surface area contributed by atoms with Gasteiger partial charge in [-0.15, -0.1) is 0 Å². The lowest BCUT2D eigenvalue weighted by Crippen LogP contribution is -2.36. The second-order valence-corrected chi connectivity index (χ2v) is 6.29. The molecule has 4 rings (SSSR count). The molecule has 0 saturated heterocycles. The molecule has 0 unspecified atom stereocenters. The molecule has 7 heteroatoms. The number of aromatic nitrogens is 2. The second-order valence-electron chi connectivity index (χ2n) is 6.29. The van der Waals surface area contributed by atoms with Crippen LogP contribution in [0.5, 0.6) is 0 Å². The summed E-state index contributed by atoms with van der Waals surface area (Å²) < 4.78 is 26.2. The van der Waals surface area contributed by atoms with Crippen LogP contribution >= 0.6 is 0 Å². The quantitative estimate of drug-likeness (QED) is 0.768. The number of hydrogen-bond donors (Lipinski definition) is 1. The Kier molecular flexibility index (Phi) is 4.50. The van der Waals surface area contributed by atoms with E-state index in [4.69, 9.17) is 0 Å². The smallest absolute Gasteiger partial charge is 0.274 e. The summed E-state index contributed by atoms with van der Waals surface area (Å²) in [5.41, 5.74) is 2.99. The highest BCUT2D eigenvalue weighted by Crippen LogP contribution is 2.20. The Morgan fingerprint density at radius 1 is 1.00 bits per heavy atom. The number of halogens is 2. The van der Waals surface area contributed by atoms with Crippen LogP contribution in [0.2, 0.25) is 0 Å². The highest BCUT2D eigenvalue weighted by Gasteiger charge is 2.22. The van der Waals surface area contributed by atoms with Crippen molar-refractivity contribution in [1.29, 1.82) is 0 Å². The molecule has 0 aliphatic carbocycles. The molecule has 1 aliphatic heterocycles. The van der Waals surface area contributed by atoms with Gasteiger partial charge in [0.25, 0.3) is 5.91 Å². The number of hydrogen-bond acceptors (Lipinski definition) is 4. The summed E-state index contributed by atoms with van der Waals surface area (Å²) in [5, 5.41) is 2.83. The standard InChI is InChI=1S/C20H16F2N4O/c21-16-6-5-15(9-17(16)22)25-19-11-23-18(10-24-19)20(27)26-8-7-13-3-1-2-4-14(13)12-26/h1-6,9-11H,7-8,12H2,(H,24,25). The summed E-state index contributed by atoms with van der Waals surface area (Å²) in [4.78, 5) is 22.7. The SMILES string of the molecule is O=C(c1cnc(Nc2ccc(F)c(F)c2)cn1)N1CCc2ccccc2C1. The van der Waals surface area contributed by atoms with E-state index in [1.54, 1.807) is 4.90 Å². The van der Waals surface area contributed by atoms with Crippen LogP contribution in [-0.4, -0.2) is 27.3 Å². The number of benzene rings is 2. The lowest BCUT2D eigenvalue weighted by atomic mass is 10.00. The molecule has 2 heterocycles. The molecule has 3 aromatic rings. The minimum absolute atomic E-state index is 0.184. The lowest BCUT2D eigenvalue weighted by molar-refractivity contribution is 0.0728. The van der Waals surface area contributed by atoms with Gasteiger partial charge in [0.2, 0.25) is 0 Å². The van der Waals surface area contributed by atoms with Gasteiger partial charge in [-0.25, -0.2) is 18.7 Å². The molecule has 0 fully saturated rings. The van der Waals surface area contributed by atoms with E-state index in [0.29, 0.717) is 24.6 Å². The van der Waals surface area contributed by atoms with Crippen molar-refractivity contribution in [1.82, 2.24) is 14.9 Å². The topological polar surface area (TPSA) is 58.1 Å². The molecule has 1 amide bonds. The number of anilines is 2. The zero-order valence-electron chi connectivity index (χ0n) is 14.3. The molecule has 27 heavy (non-hydrogen) atoms. The van der Waals surface area contributed by atoms with E-state index in [9.17, 15) is 13.6 Å². The maximum Gasteiger partial charge on any atom is 0.274 e. The molecule has 1 aliphatic rings. The van der Waals surface area contributed by atoms with Crippen LogP contribution < -0.4 is 5.32 Å². The highest BCUT2D eigenvalue weighted by molar-refractivity contribution is 5.92. The number of nitrogens with one attached hydrogen (secondary N) is 1. The predicted octanol–water partition coefficient (Wildman–Crippen LogP) is 3.70. The van der Waals surface area contributed by atoms with Crippen molar-refractivity contribution in [2.45, 2.75) is 13.0 Å². The molecule has 0 bridgehead atoms. The Bertz CT molecular complexity index is 992. The van der Waals surface area contributed by atoms with Crippen molar-refractivity contribution < 1.29 is 13.6 Å². The number of rotatable bonds is 3. The molecule has 0 radical (unpaired) electrons. The van der Waals surface area contributed by atoms with Gasteiger partial charge in [0, 0.05) is 24.8 Å². The van der Waals surface area contributed by atoms with Crippen molar-refractivity contribution >= 4 is 17.4 Å². The van der Waals surface area contributed by atoms with Gasteiger partial charge >= 0.3 is 0 Å². The van der Waals surface area contributed by atoms with Gasteiger partial charge in [-0.1, -0.05) is 24.3 Å².